The summed E-state index contributed by atoms with van der Waals surface area (Å²) in [6.45, 7) is 3.90. The van der Waals surface area contributed by atoms with Gasteiger partial charge in [-0.05, 0) is 56.5 Å². The van der Waals surface area contributed by atoms with E-state index in [1.165, 1.54) is 45.9 Å². The first-order chi connectivity index (χ1) is 25.2. The molecule has 0 spiro atoms. The minimum atomic E-state index is -5.69. The van der Waals surface area contributed by atoms with Crippen molar-refractivity contribution in [2.75, 3.05) is 30.9 Å². The van der Waals surface area contributed by atoms with Crippen molar-refractivity contribution >= 4 is 62.6 Å². The van der Waals surface area contributed by atoms with Gasteiger partial charge in [-0.1, -0.05) is 64.1 Å². The van der Waals surface area contributed by atoms with Gasteiger partial charge in [0.1, 0.15) is 12.0 Å². The fourth-order valence-electron chi connectivity index (χ4n) is 4.71. The Kier molecular flexibility index (Phi) is 18.3. The third-order valence-electron chi connectivity index (χ3n) is 7.21. The van der Waals surface area contributed by atoms with Crippen LogP contribution in [-0.2, 0) is 41.1 Å². The fourth-order valence-corrected chi connectivity index (χ4v) is 9.91. The van der Waals surface area contributed by atoms with Crippen LogP contribution in [0, 0.1) is 0 Å². The Bertz CT molecular complexity index is 1690. The third kappa shape index (κ3) is 17.8. The number of benzene rings is 1. The van der Waals surface area contributed by atoms with Crippen LogP contribution in [0.15, 0.2) is 72.4 Å². The number of allylic oxidation sites excluding steroid dienone is 6. The summed E-state index contributed by atoms with van der Waals surface area (Å²) in [7, 11) is -13.8. The molecule has 1 aromatic rings. The molecule has 8 N–H and O–H groups in total. The van der Waals surface area contributed by atoms with Crippen LogP contribution >= 0.6 is 45.1 Å². The summed E-state index contributed by atoms with van der Waals surface area (Å²) in [6.07, 6.45) is 12.2. The van der Waals surface area contributed by atoms with E-state index in [4.69, 9.17) is 34.2 Å². The van der Waals surface area contributed by atoms with Gasteiger partial charge in [0.2, 0.25) is 5.91 Å². The van der Waals surface area contributed by atoms with Gasteiger partial charge in [-0.2, -0.15) is 8.62 Å². The number of carbonyl (C=O) groups excluding carboxylic acids is 2. The average molecular weight is 860 g/mol. The van der Waals surface area contributed by atoms with E-state index in [2.05, 4.69) is 19.3 Å². The number of phosphoric acid groups is 3. The monoisotopic (exact) mass is 859 g/mol. The number of rotatable bonds is 22. The van der Waals surface area contributed by atoms with Crippen molar-refractivity contribution in [2.45, 2.75) is 62.6 Å². The number of hydrogen-bond acceptors (Lipinski definition) is 15. The maximum atomic E-state index is 12.5. The molecule has 1 fully saturated rings. The van der Waals surface area contributed by atoms with Crippen LogP contribution in [0.3, 0.4) is 0 Å². The van der Waals surface area contributed by atoms with Crippen molar-refractivity contribution < 1.29 is 75.9 Å². The molecular weight excluding hydrogens is 815 g/mol. The average Bonchev–Trinajstić information content (AvgIpc) is 3.45. The second kappa shape index (κ2) is 21.4. The van der Waals surface area contributed by atoms with Gasteiger partial charge in [-0.25, -0.2) is 13.7 Å². The molecule has 0 aromatic heterocycles. The third-order valence-corrected chi connectivity index (χ3v) is 14.0. The van der Waals surface area contributed by atoms with E-state index in [0.29, 0.717) is 37.9 Å². The molecule has 3 rings (SSSR count). The van der Waals surface area contributed by atoms with Crippen molar-refractivity contribution in [2.24, 2.45) is 0 Å². The Morgan fingerprint density at radius 1 is 0.944 bits per heavy atom. The van der Waals surface area contributed by atoms with Crippen LogP contribution in [0.25, 0.3) is 0 Å². The normalized spacial score (nSPS) is 23.8. The van der Waals surface area contributed by atoms with Gasteiger partial charge in [0, 0.05) is 36.2 Å². The van der Waals surface area contributed by atoms with Gasteiger partial charge in [0.15, 0.2) is 0 Å². The van der Waals surface area contributed by atoms with Gasteiger partial charge in [0.05, 0.1) is 24.5 Å². The van der Waals surface area contributed by atoms with Crippen LogP contribution in [-0.4, -0.2) is 90.5 Å². The van der Waals surface area contributed by atoms with Crippen LogP contribution in [0.1, 0.15) is 49.9 Å². The molecule has 0 radical (unpaired) electrons. The zero-order valence-corrected chi connectivity index (χ0v) is 33.4. The highest BCUT2D eigenvalue weighted by molar-refractivity contribution is 8.77. The quantitative estimate of drug-likeness (QED) is 0.0253. The lowest BCUT2D eigenvalue weighted by molar-refractivity contribution is -0.121. The first-order valence-electron chi connectivity index (χ1n) is 16.1. The number of anilines is 1. The van der Waals surface area contributed by atoms with Crippen molar-refractivity contribution in [1.29, 1.82) is 0 Å². The predicted octanol–water partition coefficient (Wildman–Crippen LogP) is 4.90. The Morgan fingerprint density at radius 3 is 2.31 bits per heavy atom. The van der Waals surface area contributed by atoms with Gasteiger partial charge in [-0.3, -0.25) is 24.5 Å². The number of amides is 2. The molecule has 302 valence electrons. The van der Waals surface area contributed by atoms with Crippen LogP contribution in [0.4, 0.5) is 5.69 Å². The Labute approximate surface area is 319 Å². The Hall–Kier alpha value is -2.13. The van der Waals surface area contributed by atoms with E-state index in [9.17, 15) is 33.1 Å². The van der Waals surface area contributed by atoms with Crippen LogP contribution in [0.2, 0.25) is 0 Å². The molecule has 5 atom stereocenters. The standard InChI is InChI=1S/C30H44N3O16P3S2/c1-30(2,20-32-28(34)12-8-9-17-31-29(35)23-13-15-24(16-14-23)33(36)37)54-53-21-45-26-18-25(22-10-6-4-3-5-7-11-22)47-27(26)19-46-51(41,42)49-52(43,44)48-50(38,39)40/h3-7,10-11,13-16,25-27,36-37H,8-9,12,17-21H2,1-2H3,(H,31,35)(H,32,34)(H,41,42)(H,43,44)(H2,38,39,40)/b4-3-,5-3?,6-4?,7-5-,10-6-,11-7?,22-10?,22-11+/t25-,26?,27-/m1/s1. The molecule has 2 amide bonds. The highest BCUT2D eigenvalue weighted by atomic mass is 33.1. The Morgan fingerprint density at radius 2 is 1.63 bits per heavy atom. The highest BCUT2D eigenvalue weighted by Gasteiger charge is 2.43. The van der Waals surface area contributed by atoms with Gasteiger partial charge >= 0.3 is 23.5 Å². The number of hydrogen-bond donors (Lipinski definition) is 8. The zero-order valence-electron chi connectivity index (χ0n) is 29.1. The summed E-state index contributed by atoms with van der Waals surface area (Å²) >= 11 is 0. The molecule has 19 nitrogen and oxygen atoms in total. The van der Waals surface area contributed by atoms with Gasteiger partial charge in [0.25, 0.3) is 5.91 Å². The molecular formula is C30H44N3O16P3S2. The Balaban J connectivity index is 1.43. The maximum Gasteiger partial charge on any atom is 0.490 e. The summed E-state index contributed by atoms with van der Waals surface area (Å²) in [5, 5.41) is 23.6. The van der Waals surface area contributed by atoms with Crippen molar-refractivity contribution in [3.05, 3.63) is 77.9 Å². The highest BCUT2D eigenvalue weighted by Crippen LogP contribution is 2.66. The SMILES string of the molecule is CC(C)(CNC(=O)CCCCNC(=O)c1ccc(N(O)O)cc1)SSCOC1C[C@H](C2=C/C=C\C=C/C=C\2)O[C@@H]1COP(=O)(O)OP(=O)(O)OP(=O)(O)O. The van der Waals surface area contributed by atoms with Crippen molar-refractivity contribution in [3.8, 4) is 0 Å². The number of nitrogens with one attached hydrogen (secondary N) is 2. The van der Waals surface area contributed by atoms with Gasteiger partial charge in [-0.15, -0.1) is 5.23 Å². The lowest BCUT2D eigenvalue weighted by Crippen LogP contribution is -2.36. The van der Waals surface area contributed by atoms with E-state index in [1.807, 2.05) is 44.2 Å². The molecule has 1 heterocycles. The molecule has 3 unspecified atom stereocenters. The molecule has 0 bridgehead atoms. The molecule has 54 heavy (non-hydrogen) atoms. The lowest BCUT2D eigenvalue weighted by atomic mass is 10.0. The number of ether oxygens (including phenoxy) is 2. The number of nitrogens with zero attached hydrogens (tertiary/aromatic N) is 1. The van der Waals surface area contributed by atoms with E-state index < -0.39 is 53.1 Å². The molecule has 0 saturated carbocycles. The minimum Gasteiger partial charge on any atom is -0.365 e. The predicted molar refractivity (Wildman–Crippen MR) is 199 cm³/mol. The van der Waals surface area contributed by atoms with E-state index >= 15 is 0 Å². The number of carbonyl (C=O) groups is 2. The number of unbranched alkanes of at least 4 members (excludes halogenated alkanes) is 1. The fraction of sp³-hybridized carbons (Fsp3) is 0.467. The summed E-state index contributed by atoms with van der Waals surface area (Å²) in [5.41, 5.74) is 1.22. The second-order valence-corrected chi connectivity index (χ2v) is 19.6. The van der Waals surface area contributed by atoms with Crippen molar-refractivity contribution in [3.63, 3.8) is 0 Å². The summed E-state index contributed by atoms with van der Waals surface area (Å²) in [4.78, 5) is 61.7. The molecule has 1 aliphatic heterocycles. The first kappa shape index (κ1) is 46.3. The maximum absolute atomic E-state index is 12.5. The van der Waals surface area contributed by atoms with E-state index in [0.717, 1.165) is 5.57 Å². The van der Waals surface area contributed by atoms with E-state index in [-0.39, 0.29) is 35.1 Å². The van der Waals surface area contributed by atoms with Crippen LogP contribution in [0.5, 0.6) is 0 Å². The first-order valence-corrected chi connectivity index (χ1v) is 23.0. The summed E-state index contributed by atoms with van der Waals surface area (Å²) < 4.78 is 59.1. The second-order valence-electron chi connectivity index (χ2n) is 12.2. The molecule has 1 saturated heterocycles. The molecule has 2 aliphatic rings. The zero-order chi connectivity index (χ0) is 40.0. The molecule has 24 heteroatoms. The van der Waals surface area contributed by atoms with Gasteiger partial charge < -0.3 is 39.7 Å². The minimum absolute atomic E-state index is 0.0488. The molecule has 1 aromatic carbocycles. The van der Waals surface area contributed by atoms with Crippen molar-refractivity contribution in [1.82, 2.24) is 10.6 Å². The molecule has 1 aliphatic carbocycles. The number of phosphoric ester groups is 1. The smallest absolute Gasteiger partial charge is 0.365 e. The lowest BCUT2D eigenvalue weighted by Gasteiger charge is -2.24. The van der Waals surface area contributed by atoms with Crippen LogP contribution < -0.4 is 15.9 Å². The topological polar surface area (TPSA) is 280 Å². The van der Waals surface area contributed by atoms with E-state index in [1.54, 1.807) is 12.2 Å². The largest absolute Gasteiger partial charge is 0.490 e. The summed E-state index contributed by atoms with van der Waals surface area (Å²) in [6, 6.07) is 5.66. The summed E-state index contributed by atoms with van der Waals surface area (Å²) in [5.74, 6) is -0.351.